The number of aromatic nitrogens is 3. The summed E-state index contributed by atoms with van der Waals surface area (Å²) in [5, 5.41) is 6.50. The number of hydrogen-bond donors (Lipinski definition) is 1. The maximum atomic E-state index is 12.4. The second kappa shape index (κ2) is 6.55. The highest BCUT2D eigenvalue weighted by atomic mass is 32.1. The molecule has 23 heavy (non-hydrogen) atoms. The van der Waals surface area contributed by atoms with Crippen molar-refractivity contribution < 1.29 is 4.79 Å². The Morgan fingerprint density at radius 3 is 2.74 bits per heavy atom. The van der Waals surface area contributed by atoms with E-state index in [-0.39, 0.29) is 11.9 Å². The van der Waals surface area contributed by atoms with E-state index in [2.05, 4.69) is 20.3 Å². The zero-order valence-electron chi connectivity index (χ0n) is 13.0. The van der Waals surface area contributed by atoms with Gasteiger partial charge in [-0.3, -0.25) is 9.78 Å². The van der Waals surface area contributed by atoms with E-state index < -0.39 is 0 Å². The predicted octanol–water partition coefficient (Wildman–Crippen LogP) is 3.77. The molecular weight excluding hydrogens is 328 g/mol. The van der Waals surface area contributed by atoms with Crippen LogP contribution >= 0.6 is 22.7 Å². The van der Waals surface area contributed by atoms with E-state index in [1.54, 1.807) is 22.9 Å². The fraction of sp³-hybridized carbons (Fsp3) is 0.250. The number of thiazole rings is 2. The Labute approximate surface area is 142 Å². The molecule has 0 bridgehead atoms. The van der Waals surface area contributed by atoms with Gasteiger partial charge in [-0.25, -0.2) is 9.97 Å². The lowest BCUT2D eigenvalue weighted by Crippen LogP contribution is -2.26. The number of nitrogens with one attached hydrogen (secondary N) is 1. The summed E-state index contributed by atoms with van der Waals surface area (Å²) in [6.07, 6.45) is 1.72. The molecule has 3 aromatic rings. The highest BCUT2D eigenvalue weighted by molar-refractivity contribution is 7.13. The van der Waals surface area contributed by atoms with Crippen LogP contribution in [0.5, 0.6) is 0 Å². The van der Waals surface area contributed by atoms with Crippen molar-refractivity contribution in [2.45, 2.75) is 26.8 Å². The van der Waals surface area contributed by atoms with Gasteiger partial charge in [0.25, 0.3) is 5.91 Å². The van der Waals surface area contributed by atoms with Gasteiger partial charge in [-0.05, 0) is 32.9 Å². The number of carbonyl (C=O) groups is 1. The maximum absolute atomic E-state index is 12.4. The van der Waals surface area contributed by atoms with E-state index in [1.807, 2.05) is 39.0 Å². The number of amides is 1. The molecule has 0 aliphatic carbocycles. The molecule has 0 saturated carbocycles. The largest absolute Gasteiger partial charge is 0.343 e. The van der Waals surface area contributed by atoms with E-state index in [9.17, 15) is 4.79 Å². The minimum atomic E-state index is -0.179. The Morgan fingerprint density at radius 1 is 1.26 bits per heavy atom. The summed E-state index contributed by atoms with van der Waals surface area (Å²) in [5.74, 6) is -0.179. The second-order valence-electron chi connectivity index (χ2n) is 5.13. The molecule has 1 atom stereocenters. The minimum absolute atomic E-state index is 0.0892. The Balaban J connectivity index is 1.74. The van der Waals surface area contributed by atoms with Crippen LogP contribution in [0.15, 0.2) is 29.8 Å². The molecule has 7 heteroatoms. The quantitative estimate of drug-likeness (QED) is 0.782. The molecular formula is C16H16N4OS2. The molecule has 5 nitrogen and oxygen atoms in total. The van der Waals surface area contributed by atoms with Gasteiger partial charge in [-0.15, -0.1) is 22.7 Å². The van der Waals surface area contributed by atoms with Crippen molar-refractivity contribution in [3.8, 4) is 10.7 Å². The fourth-order valence-corrected chi connectivity index (χ4v) is 3.98. The standard InChI is InChI=1S/C16H16N4OS2/c1-9-14(23-11(3)18-9)10(2)19-15(21)13-8-22-16(20-13)12-6-4-5-7-17-12/h4-8,10H,1-3H3,(H,19,21)/t10-/m0/s1. The average molecular weight is 344 g/mol. The van der Waals surface area contributed by atoms with Crippen molar-refractivity contribution in [1.82, 2.24) is 20.3 Å². The molecule has 0 aliphatic rings. The van der Waals surface area contributed by atoms with Gasteiger partial charge in [0.15, 0.2) is 0 Å². The lowest BCUT2D eigenvalue weighted by atomic mass is 10.2. The molecule has 0 unspecified atom stereocenters. The van der Waals surface area contributed by atoms with Crippen LogP contribution in [0.2, 0.25) is 0 Å². The molecule has 3 rings (SSSR count). The van der Waals surface area contributed by atoms with Gasteiger partial charge >= 0.3 is 0 Å². The third kappa shape index (κ3) is 3.46. The first kappa shape index (κ1) is 15.8. The molecule has 3 heterocycles. The first-order valence-corrected chi connectivity index (χ1v) is 8.86. The Kier molecular flexibility index (Phi) is 4.49. The summed E-state index contributed by atoms with van der Waals surface area (Å²) >= 11 is 3.03. The van der Waals surface area contributed by atoms with E-state index in [0.29, 0.717) is 5.69 Å². The third-order valence-electron chi connectivity index (χ3n) is 3.30. The molecule has 3 aromatic heterocycles. The van der Waals surface area contributed by atoms with Crippen molar-refractivity contribution in [1.29, 1.82) is 0 Å². The van der Waals surface area contributed by atoms with E-state index in [1.165, 1.54) is 11.3 Å². The van der Waals surface area contributed by atoms with Crippen molar-refractivity contribution >= 4 is 28.6 Å². The molecule has 0 radical (unpaired) electrons. The summed E-state index contributed by atoms with van der Waals surface area (Å²) in [7, 11) is 0. The van der Waals surface area contributed by atoms with Crippen LogP contribution < -0.4 is 5.32 Å². The van der Waals surface area contributed by atoms with Crippen LogP contribution in [0.25, 0.3) is 10.7 Å². The van der Waals surface area contributed by atoms with Gasteiger partial charge < -0.3 is 5.32 Å². The van der Waals surface area contributed by atoms with E-state index in [4.69, 9.17) is 0 Å². The number of aryl methyl sites for hydroxylation is 2. The number of nitrogens with zero attached hydrogens (tertiary/aromatic N) is 3. The van der Waals surface area contributed by atoms with Crippen molar-refractivity contribution in [3.63, 3.8) is 0 Å². The van der Waals surface area contributed by atoms with Crippen molar-refractivity contribution in [3.05, 3.63) is 51.0 Å². The zero-order chi connectivity index (χ0) is 16.4. The molecule has 1 amide bonds. The van der Waals surface area contributed by atoms with Crippen LogP contribution in [-0.2, 0) is 0 Å². The normalized spacial score (nSPS) is 12.1. The fourth-order valence-electron chi connectivity index (χ4n) is 2.27. The Morgan fingerprint density at radius 2 is 2.09 bits per heavy atom. The summed E-state index contributed by atoms with van der Waals surface area (Å²) < 4.78 is 0. The van der Waals surface area contributed by atoms with E-state index >= 15 is 0 Å². The highest BCUT2D eigenvalue weighted by Gasteiger charge is 2.18. The average Bonchev–Trinajstić information content (AvgIpc) is 3.15. The lowest BCUT2D eigenvalue weighted by molar-refractivity contribution is 0.0936. The van der Waals surface area contributed by atoms with E-state index in [0.717, 1.165) is 26.3 Å². The first-order chi connectivity index (χ1) is 11.0. The van der Waals surface area contributed by atoms with Crippen LogP contribution in [0, 0.1) is 13.8 Å². The third-order valence-corrected chi connectivity index (χ3v) is 5.42. The minimum Gasteiger partial charge on any atom is -0.343 e. The van der Waals surface area contributed by atoms with Crippen molar-refractivity contribution in [2.75, 3.05) is 0 Å². The Hall–Kier alpha value is -2.12. The molecule has 0 aromatic carbocycles. The van der Waals surface area contributed by atoms with Gasteiger partial charge in [0.2, 0.25) is 0 Å². The molecule has 118 valence electrons. The molecule has 0 aliphatic heterocycles. The zero-order valence-corrected chi connectivity index (χ0v) is 14.7. The molecule has 0 saturated heterocycles. The summed E-state index contributed by atoms with van der Waals surface area (Å²) in [6, 6.07) is 5.55. The molecule has 0 fully saturated rings. The Bertz CT molecular complexity index is 826. The van der Waals surface area contributed by atoms with Crippen LogP contribution in [0.1, 0.15) is 39.0 Å². The van der Waals surface area contributed by atoms with Gasteiger partial charge in [-0.2, -0.15) is 0 Å². The number of hydrogen-bond acceptors (Lipinski definition) is 6. The summed E-state index contributed by atoms with van der Waals surface area (Å²) in [5.41, 5.74) is 2.16. The lowest BCUT2D eigenvalue weighted by Gasteiger charge is -2.11. The maximum Gasteiger partial charge on any atom is 0.271 e. The number of rotatable bonds is 4. The smallest absolute Gasteiger partial charge is 0.271 e. The van der Waals surface area contributed by atoms with Crippen LogP contribution in [-0.4, -0.2) is 20.9 Å². The SMILES string of the molecule is Cc1nc(C)c([C@H](C)NC(=O)c2csc(-c3ccccn3)n2)s1. The van der Waals surface area contributed by atoms with Crippen LogP contribution in [0.3, 0.4) is 0 Å². The first-order valence-electron chi connectivity index (χ1n) is 7.16. The topological polar surface area (TPSA) is 67.8 Å². The highest BCUT2D eigenvalue weighted by Crippen LogP contribution is 2.25. The van der Waals surface area contributed by atoms with Gasteiger partial charge in [0, 0.05) is 16.5 Å². The number of pyridine rings is 1. The monoisotopic (exact) mass is 344 g/mol. The van der Waals surface area contributed by atoms with Crippen molar-refractivity contribution in [2.24, 2.45) is 0 Å². The molecule has 0 spiro atoms. The van der Waals surface area contributed by atoms with Gasteiger partial charge in [0.1, 0.15) is 10.7 Å². The molecule has 1 N–H and O–H groups in total. The van der Waals surface area contributed by atoms with Crippen LogP contribution in [0.4, 0.5) is 0 Å². The summed E-state index contributed by atoms with van der Waals surface area (Å²) in [6.45, 7) is 5.89. The summed E-state index contributed by atoms with van der Waals surface area (Å²) in [4.78, 5) is 26.5. The van der Waals surface area contributed by atoms with Gasteiger partial charge in [-0.1, -0.05) is 6.07 Å². The predicted molar refractivity (Wildman–Crippen MR) is 92.8 cm³/mol. The van der Waals surface area contributed by atoms with Gasteiger partial charge in [0.05, 0.1) is 22.4 Å². The number of carbonyl (C=O) groups excluding carboxylic acids is 1. The second-order valence-corrected chi connectivity index (χ2v) is 7.22.